The zero-order valence-corrected chi connectivity index (χ0v) is 16.9. The van der Waals surface area contributed by atoms with E-state index < -0.39 is 27.5 Å². The predicted octanol–water partition coefficient (Wildman–Crippen LogP) is 3.10. The van der Waals surface area contributed by atoms with Crippen molar-refractivity contribution in [3.05, 3.63) is 89.5 Å². The van der Waals surface area contributed by atoms with Crippen LogP contribution >= 0.6 is 0 Å². The fourth-order valence-corrected chi connectivity index (χ4v) is 4.00. The number of anilines is 1. The number of aromatic nitrogens is 1. The van der Waals surface area contributed by atoms with E-state index in [9.17, 15) is 17.6 Å². The lowest BCUT2D eigenvalue weighted by molar-refractivity contribution is 0.0950. The van der Waals surface area contributed by atoms with Crippen molar-refractivity contribution >= 4 is 21.6 Å². The number of rotatable bonds is 8. The van der Waals surface area contributed by atoms with E-state index in [-0.39, 0.29) is 17.8 Å². The number of nitrogens with zero attached hydrogens (tertiary/aromatic N) is 1. The number of benzene rings is 2. The minimum atomic E-state index is -3.82. The predicted molar refractivity (Wildman–Crippen MR) is 111 cm³/mol. The Morgan fingerprint density at radius 1 is 1.10 bits per heavy atom. The van der Waals surface area contributed by atoms with Crippen LogP contribution in [0, 0.1) is 5.82 Å². The van der Waals surface area contributed by atoms with Crippen LogP contribution in [0.5, 0.6) is 5.75 Å². The number of pyridine rings is 1. The molecule has 2 N–H and O–H groups in total. The zero-order chi connectivity index (χ0) is 21.6. The van der Waals surface area contributed by atoms with E-state index in [0.717, 1.165) is 0 Å². The molecule has 0 saturated heterocycles. The highest BCUT2D eigenvalue weighted by Crippen LogP contribution is 2.19. The molecule has 3 rings (SSSR count). The number of carbonyl (C=O) groups excluding carboxylic acids is 1. The molecule has 9 heteroatoms. The Balaban J connectivity index is 1.73. The highest BCUT2D eigenvalue weighted by molar-refractivity contribution is 7.91. The summed E-state index contributed by atoms with van der Waals surface area (Å²) in [4.78, 5) is 16.5. The molecule has 0 aliphatic heterocycles. The van der Waals surface area contributed by atoms with Crippen molar-refractivity contribution in [3.63, 3.8) is 0 Å². The molecule has 2 aromatic carbocycles. The lowest BCUT2D eigenvalue weighted by Crippen LogP contribution is -2.25. The minimum absolute atomic E-state index is 0.116. The third-order valence-electron chi connectivity index (χ3n) is 4.17. The molecule has 0 aliphatic carbocycles. The van der Waals surface area contributed by atoms with Gasteiger partial charge in [0.2, 0.25) is 10.0 Å². The molecule has 0 unspecified atom stereocenters. The first-order valence-electron chi connectivity index (χ1n) is 8.96. The molecule has 1 amide bonds. The lowest BCUT2D eigenvalue weighted by atomic mass is 10.1. The summed E-state index contributed by atoms with van der Waals surface area (Å²) in [6.07, 6.45) is 2.81. The van der Waals surface area contributed by atoms with E-state index in [1.165, 1.54) is 37.7 Å². The number of methoxy groups -OCH3 is 1. The number of sulfonamides is 1. The Bertz CT molecular complexity index is 1150. The Morgan fingerprint density at radius 3 is 2.67 bits per heavy atom. The molecule has 0 fully saturated rings. The SMILES string of the molecule is COc1cncc(NS(=O)(=O)Cc2ccccc2C(=O)NCc2cccc(F)c2)c1. The fourth-order valence-electron chi connectivity index (χ4n) is 2.80. The Labute approximate surface area is 174 Å². The number of nitrogens with one attached hydrogen (secondary N) is 2. The van der Waals surface area contributed by atoms with Crippen LogP contribution in [-0.4, -0.2) is 26.4 Å². The van der Waals surface area contributed by atoms with Crippen LogP contribution < -0.4 is 14.8 Å². The number of amides is 1. The van der Waals surface area contributed by atoms with E-state index in [0.29, 0.717) is 16.9 Å². The van der Waals surface area contributed by atoms with Gasteiger partial charge in [-0.2, -0.15) is 0 Å². The van der Waals surface area contributed by atoms with Gasteiger partial charge >= 0.3 is 0 Å². The smallest absolute Gasteiger partial charge is 0.251 e. The summed E-state index contributed by atoms with van der Waals surface area (Å²) in [6.45, 7) is 0.116. The quantitative estimate of drug-likeness (QED) is 0.574. The number of carbonyl (C=O) groups is 1. The van der Waals surface area contributed by atoms with E-state index in [4.69, 9.17) is 4.74 Å². The summed E-state index contributed by atoms with van der Waals surface area (Å²) < 4.78 is 46.0. The topological polar surface area (TPSA) is 97.4 Å². The Hall–Kier alpha value is -3.46. The molecule has 0 bridgehead atoms. The summed E-state index contributed by atoms with van der Waals surface area (Å²) in [5.74, 6) is -0.847. The maximum Gasteiger partial charge on any atom is 0.251 e. The van der Waals surface area contributed by atoms with E-state index in [1.807, 2.05) is 0 Å². The first kappa shape index (κ1) is 21.3. The maximum atomic E-state index is 13.3. The van der Waals surface area contributed by atoms with Gasteiger partial charge in [-0.15, -0.1) is 0 Å². The van der Waals surface area contributed by atoms with Crippen LogP contribution in [0.2, 0.25) is 0 Å². The van der Waals surface area contributed by atoms with Crippen molar-refractivity contribution in [2.45, 2.75) is 12.3 Å². The lowest BCUT2D eigenvalue weighted by Gasteiger charge is -2.12. The molecule has 3 aromatic rings. The van der Waals surface area contributed by atoms with Gasteiger partial charge < -0.3 is 10.1 Å². The molecule has 1 aromatic heterocycles. The fraction of sp³-hybridized carbons (Fsp3) is 0.143. The average molecular weight is 429 g/mol. The third-order valence-corrected chi connectivity index (χ3v) is 5.41. The molecule has 0 atom stereocenters. The van der Waals surface area contributed by atoms with Crippen molar-refractivity contribution in [3.8, 4) is 5.75 Å². The van der Waals surface area contributed by atoms with Gasteiger partial charge in [-0.1, -0.05) is 30.3 Å². The summed E-state index contributed by atoms with van der Waals surface area (Å²) >= 11 is 0. The molecular formula is C21H20FN3O4S. The Morgan fingerprint density at radius 2 is 1.90 bits per heavy atom. The van der Waals surface area contributed by atoms with Gasteiger partial charge in [0.15, 0.2) is 0 Å². The average Bonchev–Trinajstić information content (AvgIpc) is 2.72. The Kier molecular flexibility index (Phi) is 6.63. The van der Waals surface area contributed by atoms with Crippen molar-refractivity contribution in [2.75, 3.05) is 11.8 Å². The highest BCUT2D eigenvalue weighted by Gasteiger charge is 2.18. The van der Waals surface area contributed by atoms with Gasteiger partial charge in [-0.3, -0.25) is 14.5 Å². The minimum Gasteiger partial charge on any atom is -0.495 e. The van der Waals surface area contributed by atoms with Crippen LogP contribution in [-0.2, 0) is 22.3 Å². The van der Waals surface area contributed by atoms with E-state index >= 15 is 0 Å². The molecular weight excluding hydrogens is 409 g/mol. The van der Waals surface area contributed by atoms with Crippen LogP contribution in [0.1, 0.15) is 21.5 Å². The molecule has 0 saturated carbocycles. The number of ether oxygens (including phenoxy) is 1. The summed E-state index contributed by atoms with van der Waals surface area (Å²) in [6, 6.07) is 13.8. The third kappa shape index (κ3) is 5.77. The number of hydrogen-bond acceptors (Lipinski definition) is 5. The van der Waals surface area contributed by atoms with Crippen LogP contribution in [0.15, 0.2) is 67.0 Å². The maximum absolute atomic E-state index is 13.3. The van der Waals surface area contributed by atoms with Crippen molar-refractivity contribution < 1.29 is 22.3 Å². The van der Waals surface area contributed by atoms with Crippen molar-refractivity contribution in [1.29, 1.82) is 0 Å². The van der Waals surface area contributed by atoms with Crippen LogP contribution in [0.25, 0.3) is 0 Å². The first-order valence-corrected chi connectivity index (χ1v) is 10.6. The molecule has 7 nitrogen and oxygen atoms in total. The van der Waals surface area contributed by atoms with Gasteiger partial charge in [0.1, 0.15) is 11.6 Å². The zero-order valence-electron chi connectivity index (χ0n) is 16.1. The van der Waals surface area contributed by atoms with Gasteiger partial charge in [-0.05, 0) is 29.3 Å². The van der Waals surface area contributed by atoms with E-state index in [2.05, 4.69) is 15.0 Å². The normalized spacial score (nSPS) is 11.0. The molecule has 156 valence electrons. The van der Waals surface area contributed by atoms with Gasteiger partial charge in [0, 0.05) is 18.2 Å². The van der Waals surface area contributed by atoms with Gasteiger partial charge in [0.25, 0.3) is 5.91 Å². The van der Waals surface area contributed by atoms with Gasteiger partial charge in [-0.25, -0.2) is 12.8 Å². The second-order valence-electron chi connectivity index (χ2n) is 6.44. The van der Waals surface area contributed by atoms with Crippen molar-refractivity contribution in [2.24, 2.45) is 0 Å². The van der Waals surface area contributed by atoms with E-state index in [1.54, 1.807) is 36.4 Å². The molecule has 0 spiro atoms. The summed E-state index contributed by atoms with van der Waals surface area (Å²) in [5.41, 5.74) is 1.41. The van der Waals surface area contributed by atoms with Crippen molar-refractivity contribution in [1.82, 2.24) is 10.3 Å². The molecule has 0 aliphatic rings. The first-order chi connectivity index (χ1) is 14.4. The monoisotopic (exact) mass is 429 g/mol. The summed E-state index contributed by atoms with van der Waals surface area (Å²) in [5, 5.41) is 2.69. The number of hydrogen-bond donors (Lipinski definition) is 2. The summed E-state index contributed by atoms with van der Waals surface area (Å²) in [7, 11) is -2.36. The second-order valence-corrected chi connectivity index (χ2v) is 8.17. The van der Waals surface area contributed by atoms with Gasteiger partial charge in [0.05, 0.1) is 30.9 Å². The standard InChI is InChI=1S/C21H20FN3O4S/c1-29-19-10-18(12-23-13-19)25-30(27,28)14-16-6-2-3-8-20(16)21(26)24-11-15-5-4-7-17(22)9-15/h2-10,12-13,25H,11,14H2,1H3,(H,24,26). The number of halogens is 1. The molecule has 30 heavy (non-hydrogen) atoms. The van der Waals surface area contributed by atoms with Crippen LogP contribution in [0.4, 0.5) is 10.1 Å². The second kappa shape index (κ2) is 9.36. The molecule has 1 heterocycles. The highest BCUT2D eigenvalue weighted by atomic mass is 32.2. The largest absolute Gasteiger partial charge is 0.495 e. The molecule has 0 radical (unpaired) electrons. The van der Waals surface area contributed by atoms with Crippen LogP contribution in [0.3, 0.4) is 0 Å².